The van der Waals surface area contributed by atoms with E-state index in [0.717, 1.165) is 48.6 Å². The summed E-state index contributed by atoms with van der Waals surface area (Å²) < 4.78 is 39.7. The third-order valence-corrected chi connectivity index (χ3v) is 3.85. The van der Waals surface area contributed by atoms with Crippen molar-refractivity contribution in [1.82, 2.24) is 9.55 Å². The molecule has 1 atom stereocenters. The Hall–Kier alpha value is -1.82. The van der Waals surface area contributed by atoms with Crippen molar-refractivity contribution in [3.05, 3.63) is 53.1 Å². The molecule has 21 heavy (non-hydrogen) atoms. The number of benzene rings is 1. The molecule has 2 aromatic rings. The van der Waals surface area contributed by atoms with Crippen LogP contribution in [0.4, 0.5) is 13.2 Å². The standard InChI is InChI=1S/C15H16F3N3/c16-15(17,18)11-3-1-10(2-4-11)7-14-20-8-13-6-5-12(19)9-21(13)14/h1-4,8,12H,5-7,9,19H2. The van der Waals surface area contributed by atoms with Crippen LogP contribution in [-0.2, 0) is 25.6 Å². The first-order chi connectivity index (χ1) is 9.93. The van der Waals surface area contributed by atoms with Gasteiger partial charge in [-0.3, -0.25) is 0 Å². The highest BCUT2D eigenvalue weighted by molar-refractivity contribution is 5.27. The van der Waals surface area contributed by atoms with Gasteiger partial charge in [0.05, 0.1) is 5.56 Å². The van der Waals surface area contributed by atoms with Gasteiger partial charge in [-0.15, -0.1) is 0 Å². The number of aryl methyl sites for hydroxylation is 1. The van der Waals surface area contributed by atoms with Crippen molar-refractivity contribution in [2.24, 2.45) is 5.73 Å². The molecule has 1 unspecified atom stereocenters. The molecule has 6 heteroatoms. The molecule has 2 N–H and O–H groups in total. The molecule has 1 aromatic carbocycles. The molecule has 0 fully saturated rings. The van der Waals surface area contributed by atoms with E-state index in [1.807, 2.05) is 6.20 Å². The van der Waals surface area contributed by atoms with E-state index in [9.17, 15) is 13.2 Å². The number of nitrogens with zero attached hydrogens (tertiary/aromatic N) is 2. The molecule has 0 radical (unpaired) electrons. The van der Waals surface area contributed by atoms with E-state index >= 15 is 0 Å². The first kappa shape index (κ1) is 14.1. The van der Waals surface area contributed by atoms with Crippen molar-refractivity contribution in [3.63, 3.8) is 0 Å². The summed E-state index contributed by atoms with van der Waals surface area (Å²) in [5.41, 5.74) is 7.31. The number of hydrogen-bond donors (Lipinski definition) is 1. The van der Waals surface area contributed by atoms with Gasteiger partial charge in [-0.05, 0) is 30.5 Å². The maximum atomic E-state index is 12.5. The summed E-state index contributed by atoms with van der Waals surface area (Å²) in [7, 11) is 0. The minimum Gasteiger partial charge on any atom is -0.330 e. The van der Waals surface area contributed by atoms with Gasteiger partial charge in [0.25, 0.3) is 0 Å². The van der Waals surface area contributed by atoms with E-state index in [1.165, 1.54) is 12.1 Å². The van der Waals surface area contributed by atoms with Gasteiger partial charge in [0.2, 0.25) is 0 Å². The number of hydrogen-bond acceptors (Lipinski definition) is 2. The number of halogens is 3. The average molecular weight is 295 g/mol. The summed E-state index contributed by atoms with van der Waals surface area (Å²) in [5.74, 6) is 0.861. The van der Waals surface area contributed by atoms with Crippen LogP contribution in [0.15, 0.2) is 30.5 Å². The highest BCUT2D eigenvalue weighted by atomic mass is 19.4. The largest absolute Gasteiger partial charge is 0.416 e. The van der Waals surface area contributed by atoms with Crippen LogP contribution in [0.25, 0.3) is 0 Å². The Morgan fingerprint density at radius 3 is 2.62 bits per heavy atom. The van der Waals surface area contributed by atoms with E-state index < -0.39 is 11.7 Å². The zero-order valence-corrected chi connectivity index (χ0v) is 11.4. The fourth-order valence-electron chi connectivity index (χ4n) is 2.67. The zero-order chi connectivity index (χ0) is 15.0. The van der Waals surface area contributed by atoms with Crippen molar-refractivity contribution in [3.8, 4) is 0 Å². The predicted octanol–water partition coefficient (Wildman–Crippen LogP) is 2.77. The van der Waals surface area contributed by atoms with Gasteiger partial charge >= 0.3 is 6.18 Å². The number of fused-ring (bicyclic) bond motifs is 1. The van der Waals surface area contributed by atoms with Gasteiger partial charge in [-0.1, -0.05) is 12.1 Å². The van der Waals surface area contributed by atoms with Gasteiger partial charge in [-0.25, -0.2) is 4.98 Å². The Labute approximate surface area is 120 Å². The van der Waals surface area contributed by atoms with Crippen molar-refractivity contribution in [2.75, 3.05) is 0 Å². The van der Waals surface area contributed by atoms with Crippen molar-refractivity contribution in [2.45, 2.75) is 38.0 Å². The van der Waals surface area contributed by atoms with Crippen LogP contribution >= 0.6 is 0 Å². The molecule has 3 rings (SSSR count). The summed E-state index contributed by atoms with van der Waals surface area (Å²) in [6.45, 7) is 0.727. The van der Waals surface area contributed by atoms with Crippen molar-refractivity contribution >= 4 is 0 Å². The van der Waals surface area contributed by atoms with Crippen molar-refractivity contribution < 1.29 is 13.2 Å². The lowest BCUT2D eigenvalue weighted by atomic mass is 10.1. The van der Waals surface area contributed by atoms with Gasteiger partial charge in [0.1, 0.15) is 5.82 Å². The smallest absolute Gasteiger partial charge is 0.330 e. The Morgan fingerprint density at radius 2 is 1.95 bits per heavy atom. The van der Waals surface area contributed by atoms with Gasteiger partial charge in [-0.2, -0.15) is 13.2 Å². The second kappa shape index (κ2) is 5.18. The third kappa shape index (κ3) is 2.95. The number of imidazole rings is 1. The molecule has 0 aliphatic carbocycles. The molecule has 0 bridgehead atoms. The minimum absolute atomic E-state index is 0.123. The van der Waals surface area contributed by atoms with Crippen LogP contribution in [0.5, 0.6) is 0 Å². The number of rotatable bonds is 2. The lowest BCUT2D eigenvalue weighted by Crippen LogP contribution is -2.32. The van der Waals surface area contributed by atoms with Gasteiger partial charge in [0.15, 0.2) is 0 Å². The van der Waals surface area contributed by atoms with Crippen LogP contribution < -0.4 is 5.73 Å². The van der Waals surface area contributed by atoms with E-state index in [4.69, 9.17) is 5.73 Å². The lowest BCUT2D eigenvalue weighted by molar-refractivity contribution is -0.137. The molecule has 112 valence electrons. The van der Waals surface area contributed by atoms with Gasteiger partial charge in [0, 0.05) is 30.9 Å². The highest BCUT2D eigenvalue weighted by Crippen LogP contribution is 2.29. The normalized spacial score (nSPS) is 18.6. The third-order valence-electron chi connectivity index (χ3n) is 3.85. The van der Waals surface area contributed by atoms with Crippen LogP contribution in [0.1, 0.15) is 29.1 Å². The first-order valence-electron chi connectivity index (χ1n) is 6.88. The zero-order valence-electron chi connectivity index (χ0n) is 11.4. The van der Waals surface area contributed by atoms with E-state index in [1.54, 1.807) is 0 Å². The summed E-state index contributed by atoms with van der Waals surface area (Å²) in [6.07, 6.45) is -0.0828. The van der Waals surface area contributed by atoms with E-state index in [-0.39, 0.29) is 6.04 Å². The quantitative estimate of drug-likeness (QED) is 0.926. The monoisotopic (exact) mass is 295 g/mol. The average Bonchev–Trinajstić information content (AvgIpc) is 2.81. The topological polar surface area (TPSA) is 43.8 Å². The van der Waals surface area contributed by atoms with Crippen molar-refractivity contribution in [1.29, 1.82) is 0 Å². The Morgan fingerprint density at radius 1 is 1.24 bits per heavy atom. The second-order valence-corrected chi connectivity index (χ2v) is 5.45. The number of nitrogens with two attached hydrogens (primary N) is 1. The maximum absolute atomic E-state index is 12.5. The van der Waals surface area contributed by atoms with Crippen LogP contribution in [-0.4, -0.2) is 15.6 Å². The molecular weight excluding hydrogens is 279 g/mol. The molecule has 0 saturated carbocycles. The van der Waals surface area contributed by atoms with E-state index in [2.05, 4.69) is 9.55 Å². The van der Waals surface area contributed by atoms with Crippen LogP contribution in [0.3, 0.4) is 0 Å². The highest BCUT2D eigenvalue weighted by Gasteiger charge is 2.30. The summed E-state index contributed by atoms with van der Waals surface area (Å²) >= 11 is 0. The summed E-state index contributed by atoms with van der Waals surface area (Å²) in [5, 5.41) is 0. The molecule has 0 spiro atoms. The fraction of sp³-hybridized carbons (Fsp3) is 0.400. The van der Waals surface area contributed by atoms with E-state index in [0.29, 0.717) is 6.42 Å². The SMILES string of the molecule is NC1CCc2cnc(Cc3ccc(C(F)(F)F)cc3)n2C1. The molecule has 0 saturated heterocycles. The van der Waals surface area contributed by atoms with Gasteiger partial charge < -0.3 is 10.3 Å². The molecule has 2 heterocycles. The lowest BCUT2D eigenvalue weighted by Gasteiger charge is -2.22. The number of aromatic nitrogens is 2. The minimum atomic E-state index is -4.29. The first-order valence-corrected chi connectivity index (χ1v) is 6.88. The Bertz CT molecular complexity index is 629. The summed E-state index contributed by atoms with van der Waals surface area (Å²) in [6, 6.07) is 5.36. The number of alkyl halides is 3. The predicted molar refractivity (Wildman–Crippen MR) is 72.8 cm³/mol. The second-order valence-electron chi connectivity index (χ2n) is 5.45. The fourth-order valence-corrected chi connectivity index (χ4v) is 2.67. The van der Waals surface area contributed by atoms with Crippen LogP contribution in [0.2, 0.25) is 0 Å². The molecule has 0 amide bonds. The van der Waals surface area contributed by atoms with Crippen LogP contribution in [0, 0.1) is 0 Å². The maximum Gasteiger partial charge on any atom is 0.416 e. The molecular formula is C15H16F3N3. The molecule has 1 aliphatic heterocycles. The molecule has 1 aliphatic rings. The molecule has 1 aromatic heterocycles. The summed E-state index contributed by atoms with van der Waals surface area (Å²) in [4.78, 5) is 4.38. The Kier molecular flexibility index (Phi) is 3.49. The Balaban J connectivity index is 1.80. The molecule has 3 nitrogen and oxygen atoms in total.